The lowest BCUT2D eigenvalue weighted by molar-refractivity contribution is 0.993. The molecule has 0 atom stereocenters. The van der Waals surface area contributed by atoms with Gasteiger partial charge in [0.15, 0.2) is 0 Å². The van der Waals surface area contributed by atoms with E-state index in [1.165, 1.54) is 9.75 Å². The molecule has 3 aromatic rings. The van der Waals surface area contributed by atoms with Gasteiger partial charge in [0, 0.05) is 14.8 Å². The Bertz CT molecular complexity index is 644. The average Bonchev–Trinajstić information content (AvgIpc) is 3.11. The molecule has 0 radical (unpaired) electrons. The van der Waals surface area contributed by atoms with E-state index in [2.05, 4.69) is 40.3 Å². The van der Waals surface area contributed by atoms with Crippen molar-refractivity contribution < 1.29 is 0 Å². The predicted molar refractivity (Wildman–Crippen MR) is 90.6 cm³/mol. The van der Waals surface area contributed by atoms with E-state index in [1.807, 2.05) is 12.1 Å². The summed E-state index contributed by atoms with van der Waals surface area (Å²) in [6, 6.07) is 14.0. The molecule has 20 heavy (non-hydrogen) atoms. The largest absolute Gasteiger partial charge is 0.372 e. The van der Waals surface area contributed by atoms with Gasteiger partial charge in [-0.2, -0.15) is 0 Å². The number of anilines is 1. The summed E-state index contributed by atoms with van der Waals surface area (Å²) in [6.07, 6.45) is 0. The van der Waals surface area contributed by atoms with E-state index >= 15 is 0 Å². The molecular formula is C15H11Cl2NS2. The minimum Gasteiger partial charge on any atom is -0.372 e. The van der Waals surface area contributed by atoms with Crippen molar-refractivity contribution in [3.05, 3.63) is 73.0 Å². The quantitative estimate of drug-likeness (QED) is 0.586. The molecule has 2 heterocycles. The Morgan fingerprint density at radius 2 is 1.55 bits per heavy atom. The Morgan fingerprint density at radius 3 is 2.05 bits per heavy atom. The molecule has 102 valence electrons. The molecule has 1 aromatic carbocycles. The van der Waals surface area contributed by atoms with E-state index in [1.54, 1.807) is 28.7 Å². The molecule has 0 aliphatic carbocycles. The van der Waals surface area contributed by atoms with Gasteiger partial charge in [0.25, 0.3) is 0 Å². The van der Waals surface area contributed by atoms with Crippen LogP contribution < -0.4 is 5.32 Å². The second kappa shape index (κ2) is 6.19. The fourth-order valence-corrected chi connectivity index (χ4v) is 4.08. The molecule has 0 bridgehead atoms. The first-order chi connectivity index (χ1) is 9.74. The van der Waals surface area contributed by atoms with Gasteiger partial charge in [-0.3, -0.25) is 0 Å². The van der Waals surface area contributed by atoms with Crippen molar-refractivity contribution >= 4 is 51.6 Å². The highest BCUT2D eigenvalue weighted by Crippen LogP contribution is 2.35. The third-order valence-electron chi connectivity index (χ3n) is 2.89. The van der Waals surface area contributed by atoms with Crippen molar-refractivity contribution in [1.29, 1.82) is 0 Å². The van der Waals surface area contributed by atoms with Crippen molar-refractivity contribution in [3.63, 3.8) is 0 Å². The third-order valence-corrected chi connectivity index (χ3v) is 5.31. The number of rotatable bonds is 4. The zero-order valence-corrected chi connectivity index (χ0v) is 13.5. The van der Waals surface area contributed by atoms with Crippen molar-refractivity contribution in [3.8, 4) is 0 Å². The van der Waals surface area contributed by atoms with Crippen LogP contribution in [0.5, 0.6) is 0 Å². The van der Waals surface area contributed by atoms with Gasteiger partial charge in [-0.25, -0.2) is 0 Å². The van der Waals surface area contributed by atoms with Crippen LogP contribution in [0.1, 0.15) is 15.8 Å². The maximum Gasteiger partial charge on any atom is 0.0953 e. The van der Waals surface area contributed by atoms with Crippen LogP contribution >= 0.6 is 45.9 Å². The SMILES string of the molecule is Clc1ccc(NC(c2cccs2)c2cccs2)c(Cl)c1. The highest BCUT2D eigenvalue weighted by molar-refractivity contribution is 7.11. The van der Waals surface area contributed by atoms with Gasteiger partial charge in [-0.15, -0.1) is 22.7 Å². The van der Waals surface area contributed by atoms with Crippen LogP contribution in [-0.4, -0.2) is 0 Å². The summed E-state index contributed by atoms with van der Waals surface area (Å²) in [5, 5.41) is 8.96. The van der Waals surface area contributed by atoms with E-state index in [9.17, 15) is 0 Å². The van der Waals surface area contributed by atoms with E-state index in [4.69, 9.17) is 23.2 Å². The summed E-state index contributed by atoms with van der Waals surface area (Å²) in [6.45, 7) is 0. The van der Waals surface area contributed by atoms with Crippen LogP contribution in [-0.2, 0) is 0 Å². The van der Waals surface area contributed by atoms with Crippen LogP contribution in [0, 0.1) is 0 Å². The number of hydrogen-bond acceptors (Lipinski definition) is 3. The standard InChI is InChI=1S/C15H11Cl2NS2/c16-10-5-6-12(11(17)9-10)18-15(13-3-1-7-19-13)14-4-2-8-20-14/h1-9,15,18H. The van der Waals surface area contributed by atoms with Crippen LogP contribution in [0.2, 0.25) is 10.0 Å². The van der Waals surface area contributed by atoms with Gasteiger partial charge in [0.1, 0.15) is 0 Å². The summed E-state index contributed by atoms with van der Waals surface area (Å²) in [5.74, 6) is 0. The Kier molecular flexibility index (Phi) is 4.32. The van der Waals surface area contributed by atoms with Crippen LogP contribution in [0.25, 0.3) is 0 Å². The topological polar surface area (TPSA) is 12.0 Å². The first-order valence-electron chi connectivity index (χ1n) is 6.02. The van der Waals surface area contributed by atoms with E-state index in [0.29, 0.717) is 10.0 Å². The van der Waals surface area contributed by atoms with Crippen LogP contribution in [0.4, 0.5) is 5.69 Å². The summed E-state index contributed by atoms with van der Waals surface area (Å²) in [7, 11) is 0. The van der Waals surface area contributed by atoms with Gasteiger partial charge in [0.2, 0.25) is 0 Å². The zero-order chi connectivity index (χ0) is 13.9. The predicted octanol–water partition coefficient (Wildman–Crippen LogP) is 6.32. The number of benzene rings is 1. The molecule has 0 aliphatic rings. The molecule has 5 heteroatoms. The van der Waals surface area contributed by atoms with E-state index in [-0.39, 0.29) is 6.04 Å². The van der Waals surface area contributed by atoms with E-state index < -0.39 is 0 Å². The molecule has 1 nitrogen and oxygen atoms in total. The zero-order valence-electron chi connectivity index (χ0n) is 10.3. The smallest absolute Gasteiger partial charge is 0.0953 e. The van der Waals surface area contributed by atoms with Crippen LogP contribution in [0.15, 0.2) is 53.2 Å². The molecule has 0 saturated carbocycles. The molecule has 0 unspecified atom stereocenters. The summed E-state index contributed by atoms with van der Waals surface area (Å²) >= 11 is 15.7. The molecule has 0 fully saturated rings. The second-order valence-corrected chi connectivity index (χ2v) is 7.03. The van der Waals surface area contributed by atoms with E-state index in [0.717, 1.165) is 5.69 Å². The van der Waals surface area contributed by atoms with Crippen molar-refractivity contribution in [2.24, 2.45) is 0 Å². The lowest BCUT2D eigenvalue weighted by atomic mass is 10.2. The highest BCUT2D eigenvalue weighted by atomic mass is 35.5. The third kappa shape index (κ3) is 3.01. The maximum atomic E-state index is 6.26. The van der Waals surface area contributed by atoms with Gasteiger partial charge in [-0.05, 0) is 41.1 Å². The molecule has 1 N–H and O–H groups in total. The number of nitrogens with one attached hydrogen (secondary N) is 1. The summed E-state index contributed by atoms with van der Waals surface area (Å²) in [4.78, 5) is 2.52. The van der Waals surface area contributed by atoms with Gasteiger partial charge < -0.3 is 5.32 Å². The molecule has 0 amide bonds. The monoisotopic (exact) mass is 339 g/mol. The minimum absolute atomic E-state index is 0.119. The number of halogens is 2. The highest BCUT2D eigenvalue weighted by Gasteiger charge is 2.17. The van der Waals surface area contributed by atoms with Gasteiger partial charge in [-0.1, -0.05) is 35.3 Å². The van der Waals surface area contributed by atoms with Gasteiger partial charge >= 0.3 is 0 Å². The Hall–Kier alpha value is -1.00. The maximum absolute atomic E-state index is 6.26. The van der Waals surface area contributed by atoms with Crippen LogP contribution in [0.3, 0.4) is 0 Å². The Morgan fingerprint density at radius 1 is 0.900 bits per heavy atom. The fraction of sp³-hybridized carbons (Fsp3) is 0.0667. The second-order valence-electron chi connectivity index (χ2n) is 4.23. The first-order valence-corrected chi connectivity index (χ1v) is 8.54. The normalized spacial score (nSPS) is 10.9. The summed E-state index contributed by atoms with van der Waals surface area (Å²) in [5.41, 5.74) is 0.892. The first kappa shape index (κ1) is 14.0. The molecule has 0 spiro atoms. The number of hydrogen-bond donors (Lipinski definition) is 1. The fourth-order valence-electron chi connectivity index (χ4n) is 1.96. The molecular weight excluding hydrogens is 329 g/mol. The lowest BCUT2D eigenvalue weighted by Crippen LogP contribution is -2.09. The van der Waals surface area contributed by atoms with Crippen molar-refractivity contribution in [2.75, 3.05) is 5.32 Å². The summed E-state index contributed by atoms with van der Waals surface area (Å²) < 4.78 is 0. The Balaban J connectivity index is 1.95. The Labute approximate surface area is 135 Å². The van der Waals surface area contributed by atoms with Gasteiger partial charge in [0.05, 0.1) is 16.8 Å². The lowest BCUT2D eigenvalue weighted by Gasteiger charge is -2.18. The van der Waals surface area contributed by atoms with Crippen molar-refractivity contribution in [2.45, 2.75) is 6.04 Å². The molecule has 3 rings (SSSR count). The average molecular weight is 340 g/mol. The molecule has 0 aliphatic heterocycles. The minimum atomic E-state index is 0.119. The molecule has 0 saturated heterocycles. The van der Waals surface area contributed by atoms with Crippen molar-refractivity contribution in [1.82, 2.24) is 0 Å². The number of thiophene rings is 2. The molecule has 2 aromatic heterocycles.